The topological polar surface area (TPSA) is 79.9 Å². The summed E-state index contributed by atoms with van der Waals surface area (Å²) in [6.07, 6.45) is 0.938. The number of ether oxygens (including phenoxy) is 1. The van der Waals surface area contributed by atoms with Gasteiger partial charge in [-0.2, -0.15) is 0 Å². The smallest absolute Gasteiger partial charge is 0.170 e. The van der Waals surface area contributed by atoms with Crippen molar-refractivity contribution in [2.24, 2.45) is 16.3 Å². The lowest BCUT2D eigenvalue weighted by Crippen LogP contribution is -2.31. The van der Waals surface area contributed by atoms with Crippen LogP contribution >= 0.6 is 0 Å². The summed E-state index contributed by atoms with van der Waals surface area (Å²) in [5.74, 6) is -0.509. The van der Waals surface area contributed by atoms with Gasteiger partial charge in [0.05, 0.1) is 0 Å². The van der Waals surface area contributed by atoms with Crippen molar-refractivity contribution in [1.82, 2.24) is 5.32 Å². The van der Waals surface area contributed by atoms with Crippen LogP contribution in [-0.4, -0.2) is 31.3 Å². The Balaban J connectivity index is 2.67. The number of hydrogen-bond acceptors (Lipinski definition) is 4. The fourth-order valence-electron chi connectivity index (χ4n) is 2.00. The average Bonchev–Trinajstić information content (AvgIpc) is 2.45. The Labute approximate surface area is 125 Å². The molecular formula is C15H24FN3O2. The van der Waals surface area contributed by atoms with E-state index in [0.717, 1.165) is 18.5 Å². The number of nitrogens with zero attached hydrogens (tertiary/aromatic N) is 1. The molecule has 1 aromatic rings. The maximum Gasteiger partial charge on any atom is 0.170 e. The van der Waals surface area contributed by atoms with Gasteiger partial charge in [0.15, 0.2) is 5.84 Å². The molecule has 0 spiro atoms. The van der Waals surface area contributed by atoms with Gasteiger partial charge >= 0.3 is 0 Å². The highest BCUT2D eigenvalue weighted by Crippen LogP contribution is 2.19. The first-order valence-electron chi connectivity index (χ1n) is 6.85. The first kappa shape index (κ1) is 17.4. The maximum atomic E-state index is 13.3. The van der Waals surface area contributed by atoms with Crippen molar-refractivity contribution in [2.45, 2.75) is 26.8 Å². The molecular weight excluding hydrogens is 273 g/mol. The molecule has 0 unspecified atom stereocenters. The van der Waals surface area contributed by atoms with E-state index in [9.17, 15) is 4.39 Å². The molecule has 21 heavy (non-hydrogen) atoms. The van der Waals surface area contributed by atoms with E-state index in [2.05, 4.69) is 24.3 Å². The van der Waals surface area contributed by atoms with Gasteiger partial charge in [-0.3, -0.25) is 0 Å². The van der Waals surface area contributed by atoms with Crippen molar-refractivity contribution in [2.75, 3.05) is 20.3 Å². The molecule has 5 nitrogen and oxygen atoms in total. The van der Waals surface area contributed by atoms with Crippen molar-refractivity contribution >= 4 is 5.84 Å². The van der Waals surface area contributed by atoms with Crippen LogP contribution in [0.5, 0.6) is 0 Å². The van der Waals surface area contributed by atoms with Gasteiger partial charge in [-0.15, -0.1) is 0 Å². The summed E-state index contributed by atoms with van der Waals surface area (Å²) in [6.45, 7) is 6.30. The maximum absolute atomic E-state index is 13.3. The second-order valence-corrected chi connectivity index (χ2v) is 5.80. The molecule has 0 heterocycles. The molecule has 118 valence electrons. The lowest BCUT2D eigenvalue weighted by atomic mass is 9.89. The molecule has 0 aliphatic rings. The minimum Gasteiger partial charge on any atom is -0.409 e. The van der Waals surface area contributed by atoms with Crippen LogP contribution in [0.25, 0.3) is 0 Å². The molecule has 0 saturated carbocycles. The molecule has 0 bridgehead atoms. The summed E-state index contributed by atoms with van der Waals surface area (Å²) in [5, 5.41) is 15.0. The number of rotatable bonds is 8. The van der Waals surface area contributed by atoms with Crippen LogP contribution in [0.2, 0.25) is 0 Å². The summed E-state index contributed by atoms with van der Waals surface area (Å²) in [4.78, 5) is 0. The largest absolute Gasteiger partial charge is 0.409 e. The van der Waals surface area contributed by atoms with Gasteiger partial charge in [0.2, 0.25) is 0 Å². The van der Waals surface area contributed by atoms with E-state index in [1.807, 2.05) is 0 Å². The van der Waals surface area contributed by atoms with Gasteiger partial charge in [-0.1, -0.05) is 25.1 Å². The van der Waals surface area contributed by atoms with E-state index in [1.54, 1.807) is 13.2 Å². The van der Waals surface area contributed by atoms with E-state index in [0.29, 0.717) is 18.7 Å². The van der Waals surface area contributed by atoms with E-state index < -0.39 is 5.82 Å². The fourth-order valence-corrected chi connectivity index (χ4v) is 2.00. The Morgan fingerprint density at radius 2 is 2.19 bits per heavy atom. The monoisotopic (exact) mass is 297 g/mol. The number of nitrogens with one attached hydrogen (secondary N) is 1. The minimum absolute atomic E-state index is 0.0901. The number of halogens is 1. The van der Waals surface area contributed by atoms with Gasteiger partial charge in [-0.25, -0.2) is 4.39 Å². The zero-order valence-electron chi connectivity index (χ0n) is 12.8. The second kappa shape index (κ2) is 7.95. The third-order valence-electron chi connectivity index (χ3n) is 3.36. The number of hydrogen-bond donors (Lipinski definition) is 3. The zero-order valence-corrected chi connectivity index (χ0v) is 12.8. The van der Waals surface area contributed by atoms with Crippen LogP contribution in [0.4, 0.5) is 4.39 Å². The molecule has 4 N–H and O–H groups in total. The highest BCUT2D eigenvalue weighted by atomic mass is 19.1. The van der Waals surface area contributed by atoms with E-state index in [-0.39, 0.29) is 11.3 Å². The minimum atomic E-state index is -0.416. The van der Waals surface area contributed by atoms with Crippen molar-refractivity contribution < 1.29 is 14.3 Å². The highest BCUT2D eigenvalue weighted by Gasteiger charge is 2.17. The van der Waals surface area contributed by atoms with Crippen molar-refractivity contribution in [3.8, 4) is 0 Å². The second-order valence-electron chi connectivity index (χ2n) is 5.80. The lowest BCUT2D eigenvalue weighted by molar-refractivity contribution is 0.150. The third-order valence-corrected chi connectivity index (χ3v) is 3.36. The number of methoxy groups -OCH3 is 1. The molecule has 0 aliphatic heterocycles. The molecule has 0 saturated heterocycles. The zero-order chi connectivity index (χ0) is 15.9. The Morgan fingerprint density at radius 1 is 1.48 bits per heavy atom. The molecule has 0 atom stereocenters. The predicted molar refractivity (Wildman–Crippen MR) is 80.9 cm³/mol. The van der Waals surface area contributed by atoms with Crippen molar-refractivity contribution in [1.29, 1.82) is 0 Å². The first-order valence-corrected chi connectivity index (χ1v) is 6.85. The number of benzene rings is 1. The molecule has 0 radical (unpaired) electrons. The normalized spacial score (nSPS) is 12.7. The lowest BCUT2D eigenvalue weighted by Gasteiger charge is -2.25. The number of oxime groups is 1. The van der Waals surface area contributed by atoms with Gasteiger partial charge in [0, 0.05) is 32.4 Å². The molecule has 6 heteroatoms. The number of amidine groups is 1. The molecule has 1 aromatic carbocycles. The van der Waals surface area contributed by atoms with Crippen LogP contribution in [0.15, 0.2) is 23.4 Å². The molecule has 0 fully saturated rings. The van der Waals surface area contributed by atoms with Crippen LogP contribution in [-0.2, 0) is 11.3 Å². The highest BCUT2D eigenvalue weighted by molar-refractivity contribution is 5.98. The standard InChI is InChI=1S/C15H24FN3O2/c1-15(2,6-7-21-3)10-18-9-11-4-5-12(16)8-13(11)14(17)19-20/h4-5,8,18,20H,6-7,9-10H2,1-3H3,(H2,17,19). The molecule has 0 amide bonds. The van der Waals surface area contributed by atoms with Crippen LogP contribution in [0, 0.1) is 11.2 Å². The van der Waals surface area contributed by atoms with Crippen molar-refractivity contribution in [3.63, 3.8) is 0 Å². The van der Waals surface area contributed by atoms with E-state index in [4.69, 9.17) is 15.7 Å². The van der Waals surface area contributed by atoms with Crippen LogP contribution in [0.3, 0.4) is 0 Å². The quantitative estimate of drug-likeness (QED) is 0.297. The van der Waals surface area contributed by atoms with Crippen molar-refractivity contribution in [3.05, 3.63) is 35.1 Å². The summed E-state index contributed by atoms with van der Waals surface area (Å²) in [6, 6.07) is 4.27. The fraction of sp³-hybridized carbons (Fsp3) is 0.533. The van der Waals surface area contributed by atoms with E-state index in [1.165, 1.54) is 12.1 Å². The SMILES string of the molecule is COCCC(C)(C)CNCc1ccc(F)cc1/C(N)=N/O. The van der Waals surface area contributed by atoms with Crippen LogP contribution < -0.4 is 11.1 Å². The Hall–Kier alpha value is -1.66. The molecule has 0 aliphatic carbocycles. The predicted octanol–water partition coefficient (Wildman–Crippen LogP) is 2.07. The Bertz CT molecular complexity index is 490. The van der Waals surface area contributed by atoms with Crippen LogP contribution in [0.1, 0.15) is 31.4 Å². The summed E-state index contributed by atoms with van der Waals surface area (Å²) < 4.78 is 18.4. The summed E-state index contributed by atoms with van der Waals surface area (Å²) in [5.41, 5.74) is 6.86. The van der Waals surface area contributed by atoms with Gasteiger partial charge in [-0.05, 0) is 29.5 Å². The molecule has 1 rings (SSSR count). The number of nitrogens with two attached hydrogens (primary N) is 1. The van der Waals surface area contributed by atoms with Gasteiger partial charge in [0.25, 0.3) is 0 Å². The average molecular weight is 297 g/mol. The Morgan fingerprint density at radius 3 is 2.81 bits per heavy atom. The van der Waals surface area contributed by atoms with E-state index >= 15 is 0 Å². The van der Waals surface area contributed by atoms with Gasteiger partial charge < -0.3 is 21.0 Å². The Kier molecular flexibility index (Phi) is 6.58. The molecule has 0 aromatic heterocycles. The van der Waals surface area contributed by atoms with Gasteiger partial charge in [0.1, 0.15) is 5.82 Å². The first-order chi connectivity index (χ1) is 9.89. The summed E-state index contributed by atoms with van der Waals surface area (Å²) >= 11 is 0. The third kappa shape index (κ3) is 5.69. The summed E-state index contributed by atoms with van der Waals surface area (Å²) in [7, 11) is 1.69.